The monoisotopic (exact) mass is 345 g/mol. The Bertz CT molecular complexity index is 813. The maximum absolute atomic E-state index is 13.0. The summed E-state index contributed by atoms with van der Waals surface area (Å²) in [4.78, 5) is 0.305. The van der Waals surface area contributed by atoms with Gasteiger partial charge in [0, 0.05) is 12.6 Å². The molecule has 1 saturated heterocycles. The van der Waals surface area contributed by atoms with Gasteiger partial charge in [-0.2, -0.15) is 4.31 Å². The molecule has 5 heteroatoms. The van der Waals surface area contributed by atoms with E-state index in [0.717, 1.165) is 24.0 Å². The smallest absolute Gasteiger partial charge is 0.207 e. The first kappa shape index (κ1) is 16.9. The largest absolute Gasteiger partial charge is 0.243 e. The number of rotatable bonds is 5. The molecule has 1 fully saturated rings. The van der Waals surface area contributed by atoms with E-state index in [1.165, 1.54) is 12.1 Å². The highest BCUT2D eigenvalue weighted by atomic mass is 32.2. The molecule has 2 aromatic rings. The maximum atomic E-state index is 13.0. The third-order valence-electron chi connectivity index (χ3n) is 4.43. The van der Waals surface area contributed by atoms with Gasteiger partial charge < -0.3 is 0 Å². The summed E-state index contributed by atoms with van der Waals surface area (Å²) in [5.41, 5.74) is 1.84. The molecular weight excluding hydrogens is 325 g/mol. The topological polar surface area (TPSA) is 37.4 Å². The molecule has 126 valence electrons. The molecule has 3 nitrogen and oxygen atoms in total. The molecule has 0 aromatic heterocycles. The van der Waals surface area contributed by atoms with Crippen molar-refractivity contribution in [3.63, 3.8) is 0 Å². The number of halogens is 1. The summed E-state index contributed by atoms with van der Waals surface area (Å²) in [7, 11) is -3.52. The van der Waals surface area contributed by atoms with Crippen molar-refractivity contribution in [3.05, 3.63) is 72.1 Å². The van der Waals surface area contributed by atoms with Crippen molar-refractivity contribution in [3.8, 4) is 0 Å². The van der Waals surface area contributed by atoms with Gasteiger partial charge in [0.25, 0.3) is 0 Å². The Hall–Kier alpha value is -1.98. The fourth-order valence-corrected chi connectivity index (χ4v) is 4.83. The van der Waals surface area contributed by atoms with Crippen LogP contribution in [0.25, 0.3) is 6.08 Å². The van der Waals surface area contributed by atoms with Crippen molar-refractivity contribution in [2.45, 2.75) is 30.2 Å². The van der Waals surface area contributed by atoms with Gasteiger partial charge in [-0.1, -0.05) is 36.9 Å². The standard InChI is InChI=1S/C19H20FNO2S/c1-2-15-7-11-19(12-8-15)24(22,23)21-13-3-4-18(21)14-16-5-9-17(20)10-6-16/h2,5-12,18H,1,3-4,13-14H2. The predicted molar refractivity (Wildman–Crippen MR) is 93.6 cm³/mol. The third-order valence-corrected chi connectivity index (χ3v) is 6.40. The predicted octanol–water partition coefficient (Wildman–Crippen LogP) is 3.86. The lowest BCUT2D eigenvalue weighted by atomic mass is 10.0. The first-order valence-corrected chi connectivity index (χ1v) is 9.43. The lowest BCUT2D eigenvalue weighted by Crippen LogP contribution is -2.36. The van der Waals surface area contributed by atoms with Crippen LogP contribution in [0.4, 0.5) is 4.39 Å². The average molecular weight is 345 g/mol. The number of hydrogen-bond donors (Lipinski definition) is 0. The minimum Gasteiger partial charge on any atom is -0.207 e. The van der Waals surface area contributed by atoms with E-state index in [1.807, 2.05) is 0 Å². The molecule has 1 heterocycles. The van der Waals surface area contributed by atoms with Crippen molar-refractivity contribution in [1.82, 2.24) is 4.31 Å². The van der Waals surface area contributed by atoms with E-state index in [2.05, 4.69) is 6.58 Å². The van der Waals surface area contributed by atoms with Crippen LogP contribution in [0.15, 0.2) is 60.0 Å². The lowest BCUT2D eigenvalue weighted by molar-refractivity contribution is 0.385. The van der Waals surface area contributed by atoms with Gasteiger partial charge in [-0.3, -0.25) is 0 Å². The van der Waals surface area contributed by atoms with Crippen LogP contribution in [-0.4, -0.2) is 25.3 Å². The fourth-order valence-electron chi connectivity index (χ4n) is 3.13. The number of hydrogen-bond acceptors (Lipinski definition) is 2. The summed E-state index contributed by atoms with van der Waals surface area (Å²) in [6, 6.07) is 12.9. The summed E-state index contributed by atoms with van der Waals surface area (Å²) in [6.45, 7) is 4.20. The zero-order valence-electron chi connectivity index (χ0n) is 13.4. The molecule has 3 rings (SSSR count). The summed E-state index contributed by atoms with van der Waals surface area (Å²) in [5.74, 6) is -0.281. The SMILES string of the molecule is C=Cc1ccc(S(=O)(=O)N2CCCC2Cc2ccc(F)cc2)cc1. The molecule has 0 N–H and O–H groups in total. The Morgan fingerprint density at radius 1 is 1.12 bits per heavy atom. The highest BCUT2D eigenvalue weighted by Gasteiger charge is 2.35. The van der Waals surface area contributed by atoms with Crippen molar-refractivity contribution < 1.29 is 12.8 Å². The third kappa shape index (κ3) is 3.42. The number of sulfonamides is 1. The van der Waals surface area contributed by atoms with E-state index in [9.17, 15) is 12.8 Å². The fraction of sp³-hybridized carbons (Fsp3) is 0.263. The minimum absolute atomic E-state index is 0.0838. The van der Waals surface area contributed by atoms with Crippen LogP contribution in [-0.2, 0) is 16.4 Å². The minimum atomic E-state index is -3.52. The van der Waals surface area contributed by atoms with Gasteiger partial charge in [0.05, 0.1) is 4.90 Å². The van der Waals surface area contributed by atoms with Gasteiger partial charge in [-0.25, -0.2) is 12.8 Å². The first-order valence-electron chi connectivity index (χ1n) is 7.99. The van der Waals surface area contributed by atoms with Crippen LogP contribution in [0.5, 0.6) is 0 Å². The normalized spacial score (nSPS) is 18.6. The van der Waals surface area contributed by atoms with E-state index in [1.54, 1.807) is 46.8 Å². The molecule has 2 aromatic carbocycles. The second kappa shape index (κ2) is 6.87. The van der Waals surface area contributed by atoms with Crippen LogP contribution in [0.3, 0.4) is 0 Å². The van der Waals surface area contributed by atoms with Crippen LogP contribution in [0.1, 0.15) is 24.0 Å². The van der Waals surface area contributed by atoms with Crippen LogP contribution in [0.2, 0.25) is 0 Å². The molecule has 0 saturated carbocycles. The average Bonchev–Trinajstić information content (AvgIpc) is 3.06. The van der Waals surface area contributed by atoms with Gasteiger partial charge in [0.1, 0.15) is 5.82 Å². The summed E-state index contributed by atoms with van der Waals surface area (Å²) >= 11 is 0. The molecule has 24 heavy (non-hydrogen) atoms. The van der Waals surface area contributed by atoms with Crippen molar-refractivity contribution in [2.75, 3.05) is 6.54 Å². The molecule has 0 spiro atoms. The maximum Gasteiger partial charge on any atom is 0.243 e. The quantitative estimate of drug-likeness (QED) is 0.825. The molecule has 1 aliphatic heterocycles. The van der Waals surface area contributed by atoms with E-state index in [-0.39, 0.29) is 11.9 Å². The summed E-state index contributed by atoms with van der Waals surface area (Å²) in [5, 5.41) is 0. The van der Waals surface area contributed by atoms with E-state index >= 15 is 0 Å². The number of benzene rings is 2. The molecule has 1 unspecified atom stereocenters. The summed E-state index contributed by atoms with van der Waals surface area (Å²) in [6.07, 6.45) is 3.95. The number of nitrogens with zero attached hydrogens (tertiary/aromatic N) is 1. The van der Waals surface area contributed by atoms with Gasteiger partial charge in [0.15, 0.2) is 0 Å². The highest BCUT2D eigenvalue weighted by molar-refractivity contribution is 7.89. The second-order valence-electron chi connectivity index (χ2n) is 6.02. The van der Waals surface area contributed by atoms with Gasteiger partial charge in [-0.15, -0.1) is 0 Å². The molecule has 1 atom stereocenters. The molecular formula is C19H20FNO2S. The molecule has 0 bridgehead atoms. The Morgan fingerprint density at radius 2 is 1.79 bits per heavy atom. The summed E-state index contributed by atoms with van der Waals surface area (Å²) < 4.78 is 40.5. The second-order valence-corrected chi connectivity index (χ2v) is 7.91. The Balaban J connectivity index is 1.82. The lowest BCUT2D eigenvalue weighted by Gasteiger charge is -2.24. The zero-order valence-corrected chi connectivity index (χ0v) is 14.2. The Kier molecular flexibility index (Phi) is 4.83. The Morgan fingerprint density at radius 3 is 2.42 bits per heavy atom. The Labute approximate surface area is 142 Å². The van der Waals surface area contributed by atoms with E-state index in [4.69, 9.17) is 0 Å². The van der Waals surface area contributed by atoms with Crippen LogP contribution < -0.4 is 0 Å². The molecule has 1 aliphatic rings. The van der Waals surface area contributed by atoms with Gasteiger partial charge >= 0.3 is 0 Å². The first-order chi connectivity index (χ1) is 11.5. The van der Waals surface area contributed by atoms with Crippen molar-refractivity contribution >= 4 is 16.1 Å². The van der Waals surface area contributed by atoms with Gasteiger partial charge in [0.2, 0.25) is 10.0 Å². The molecule has 0 aliphatic carbocycles. The zero-order chi connectivity index (χ0) is 17.2. The van der Waals surface area contributed by atoms with Crippen molar-refractivity contribution in [1.29, 1.82) is 0 Å². The van der Waals surface area contributed by atoms with Crippen LogP contribution >= 0.6 is 0 Å². The molecule has 0 amide bonds. The molecule has 0 radical (unpaired) electrons. The van der Waals surface area contributed by atoms with E-state index in [0.29, 0.717) is 17.9 Å². The van der Waals surface area contributed by atoms with Gasteiger partial charge in [-0.05, 0) is 54.7 Å². The van der Waals surface area contributed by atoms with Crippen LogP contribution in [0, 0.1) is 5.82 Å². The highest BCUT2D eigenvalue weighted by Crippen LogP contribution is 2.28. The van der Waals surface area contributed by atoms with Crippen molar-refractivity contribution in [2.24, 2.45) is 0 Å². The van der Waals surface area contributed by atoms with E-state index < -0.39 is 10.0 Å².